The molecule has 0 fully saturated rings. The van der Waals surface area contributed by atoms with Crippen LogP contribution in [-0.4, -0.2) is 31.0 Å². The molecule has 1 N–H and O–H groups in total. The number of halogens is 1. The maximum absolute atomic E-state index is 13.7. The van der Waals surface area contributed by atoms with Crippen molar-refractivity contribution in [2.45, 2.75) is 32.4 Å². The number of nitrogens with zero attached hydrogens (tertiary/aromatic N) is 1. The Bertz CT molecular complexity index is 1290. The van der Waals surface area contributed by atoms with Crippen molar-refractivity contribution in [3.8, 4) is 11.5 Å². The number of methoxy groups -OCH3 is 2. The molecule has 0 bridgehead atoms. The Morgan fingerprint density at radius 1 is 1.03 bits per heavy atom. The average Bonchev–Trinajstić information content (AvgIpc) is 3.02. The van der Waals surface area contributed by atoms with Gasteiger partial charge in [0, 0.05) is 16.1 Å². The lowest BCUT2D eigenvalue weighted by atomic mass is 9.88. The standard InChI is InChI=1S/C27H26BrNO5/c1-16-5-6-17(2)18(11-16)15-29-23-10-7-19(28)12-22(23)27(32,26(29)31)14-24(30)21-9-8-20(33-3)13-25(21)34-4/h5-13,32H,14-15H2,1-4H3/t27-/m0/s1. The molecule has 0 saturated heterocycles. The number of aryl methyl sites for hydroxylation is 2. The fourth-order valence-electron chi connectivity index (χ4n) is 4.35. The van der Waals surface area contributed by atoms with Crippen molar-refractivity contribution in [1.29, 1.82) is 0 Å². The zero-order valence-electron chi connectivity index (χ0n) is 19.5. The van der Waals surface area contributed by atoms with Crippen molar-refractivity contribution < 1.29 is 24.2 Å². The molecule has 4 rings (SSSR count). The lowest BCUT2D eigenvalue weighted by Gasteiger charge is -2.24. The van der Waals surface area contributed by atoms with Crippen LogP contribution in [0.25, 0.3) is 0 Å². The summed E-state index contributed by atoms with van der Waals surface area (Å²) in [5.74, 6) is -0.0738. The molecule has 6 nitrogen and oxygen atoms in total. The fraction of sp³-hybridized carbons (Fsp3) is 0.259. The first-order valence-electron chi connectivity index (χ1n) is 10.8. The minimum atomic E-state index is -2.00. The summed E-state index contributed by atoms with van der Waals surface area (Å²) in [6.45, 7) is 4.28. The lowest BCUT2D eigenvalue weighted by molar-refractivity contribution is -0.136. The number of ether oxygens (including phenoxy) is 2. The predicted molar refractivity (Wildman–Crippen MR) is 134 cm³/mol. The number of Topliss-reactive ketones (excluding diaryl/α,β-unsaturated/α-hetero) is 1. The van der Waals surface area contributed by atoms with Gasteiger partial charge in [0.15, 0.2) is 11.4 Å². The second kappa shape index (κ2) is 9.24. The third kappa shape index (κ3) is 4.21. The molecule has 1 aliphatic heterocycles. The van der Waals surface area contributed by atoms with Crippen LogP contribution in [0.4, 0.5) is 5.69 Å². The van der Waals surface area contributed by atoms with Gasteiger partial charge in [0.1, 0.15) is 11.5 Å². The van der Waals surface area contributed by atoms with E-state index in [2.05, 4.69) is 15.9 Å². The Labute approximate surface area is 207 Å². The molecule has 0 saturated carbocycles. The van der Waals surface area contributed by atoms with Crippen molar-refractivity contribution in [2.75, 3.05) is 19.1 Å². The van der Waals surface area contributed by atoms with E-state index in [0.29, 0.717) is 33.8 Å². The first-order valence-corrected chi connectivity index (χ1v) is 11.6. The van der Waals surface area contributed by atoms with Crippen LogP contribution in [0.1, 0.15) is 39.0 Å². The summed E-state index contributed by atoms with van der Waals surface area (Å²) in [5.41, 5.74) is 2.37. The third-order valence-corrected chi connectivity index (χ3v) is 6.75. The topological polar surface area (TPSA) is 76.1 Å². The zero-order chi connectivity index (χ0) is 24.6. The SMILES string of the molecule is COc1ccc(C(=O)C[C@@]2(O)C(=O)N(Cc3cc(C)ccc3C)c3ccc(Br)cc32)c(OC)c1. The first-order chi connectivity index (χ1) is 16.2. The van der Waals surface area contributed by atoms with Gasteiger partial charge >= 0.3 is 0 Å². The Morgan fingerprint density at radius 2 is 1.79 bits per heavy atom. The number of amides is 1. The van der Waals surface area contributed by atoms with Gasteiger partial charge in [0.05, 0.1) is 38.4 Å². The molecule has 1 amide bonds. The van der Waals surface area contributed by atoms with E-state index in [1.165, 1.54) is 14.2 Å². The number of anilines is 1. The number of carbonyl (C=O) groups excluding carboxylic acids is 2. The van der Waals surface area contributed by atoms with Crippen LogP contribution >= 0.6 is 15.9 Å². The Hall–Kier alpha value is -3.16. The summed E-state index contributed by atoms with van der Waals surface area (Å²) in [6.07, 6.45) is -0.415. The molecular weight excluding hydrogens is 498 g/mol. The van der Waals surface area contributed by atoms with Gasteiger partial charge in [-0.2, -0.15) is 0 Å². The smallest absolute Gasteiger partial charge is 0.264 e. The minimum absolute atomic E-state index is 0.272. The summed E-state index contributed by atoms with van der Waals surface area (Å²) in [5, 5.41) is 11.7. The molecular formula is C27H26BrNO5. The first kappa shape index (κ1) is 24.0. The summed E-state index contributed by atoms with van der Waals surface area (Å²) >= 11 is 3.43. The van der Waals surface area contributed by atoms with Crippen molar-refractivity contribution in [2.24, 2.45) is 0 Å². The zero-order valence-corrected chi connectivity index (χ0v) is 21.1. The molecule has 0 aliphatic carbocycles. The summed E-state index contributed by atoms with van der Waals surface area (Å²) in [7, 11) is 2.98. The molecule has 0 radical (unpaired) electrons. The van der Waals surface area contributed by atoms with Crippen molar-refractivity contribution >= 4 is 33.3 Å². The second-order valence-electron chi connectivity index (χ2n) is 8.51. The number of benzene rings is 3. The van der Waals surface area contributed by atoms with Gasteiger partial charge < -0.3 is 19.5 Å². The molecule has 0 spiro atoms. The minimum Gasteiger partial charge on any atom is -0.497 e. The van der Waals surface area contributed by atoms with Gasteiger partial charge in [-0.1, -0.05) is 39.7 Å². The highest BCUT2D eigenvalue weighted by Crippen LogP contribution is 2.45. The summed E-state index contributed by atoms with van der Waals surface area (Å²) in [6, 6.07) is 16.2. The van der Waals surface area contributed by atoms with Crippen LogP contribution in [0.5, 0.6) is 11.5 Å². The quantitative estimate of drug-likeness (QED) is 0.436. The normalized spacial score (nSPS) is 17.0. The van der Waals surface area contributed by atoms with Crippen molar-refractivity contribution in [3.05, 3.63) is 86.9 Å². The molecule has 34 heavy (non-hydrogen) atoms. The van der Waals surface area contributed by atoms with Crippen LogP contribution in [0.3, 0.4) is 0 Å². The highest BCUT2D eigenvalue weighted by molar-refractivity contribution is 9.10. The Morgan fingerprint density at radius 3 is 2.50 bits per heavy atom. The molecule has 1 heterocycles. The van der Waals surface area contributed by atoms with E-state index in [-0.39, 0.29) is 5.56 Å². The molecule has 1 aliphatic rings. The Kier molecular flexibility index (Phi) is 6.51. The van der Waals surface area contributed by atoms with E-state index < -0.39 is 23.7 Å². The summed E-state index contributed by atoms with van der Waals surface area (Å²) < 4.78 is 11.3. The highest BCUT2D eigenvalue weighted by Gasteiger charge is 2.51. The largest absolute Gasteiger partial charge is 0.497 e. The maximum Gasteiger partial charge on any atom is 0.264 e. The number of rotatable bonds is 7. The second-order valence-corrected chi connectivity index (χ2v) is 9.42. The third-order valence-electron chi connectivity index (χ3n) is 6.25. The fourth-order valence-corrected chi connectivity index (χ4v) is 4.71. The van der Waals surface area contributed by atoms with Gasteiger partial charge in [0.25, 0.3) is 5.91 Å². The van der Waals surface area contributed by atoms with Gasteiger partial charge in [-0.3, -0.25) is 9.59 Å². The number of fused-ring (bicyclic) bond motifs is 1. The van der Waals surface area contributed by atoms with Gasteiger partial charge in [-0.05, 0) is 55.3 Å². The van der Waals surface area contributed by atoms with Crippen LogP contribution in [0.15, 0.2) is 59.1 Å². The highest BCUT2D eigenvalue weighted by atomic mass is 79.9. The average molecular weight is 524 g/mol. The van der Waals surface area contributed by atoms with E-state index in [1.807, 2.05) is 38.1 Å². The predicted octanol–water partition coefficient (Wildman–Crippen LogP) is 5.09. The Balaban J connectivity index is 1.73. The molecule has 0 aromatic heterocycles. The van der Waals surface area contributed by atoms with Crippen LogP contribution < -0.4 is 14.4 Å². The number of aliphatic hydroxyl groups is 1. The van der Waals surface area contributed by atoms with Crippen LogP contribution in [0, 0.1) is 13.8 Å². The van der Waals surface area contributed by atoms with E-state index in [0.717, 1.165) is 16.7 Å². The van der Waals surface area contributed by atoms with Gasteiger partial charge in [-0.25, -0.2) is 0 Å². The van der Waals surface area contributed by atoms with E-state index in [1.54, 1.807) is 35.2 Å². The van der Waals surface area contributed by atoms with E-state index >= 15 is 0 Å². The molecule has 1 atom stereocenters. The van der Waals surface area contributed by atoms with Crippen molar-refractivity contribution in [1.82, 2.24) is 0 Å². The molecule has 176 valence electrons. The van der Waals surface area contributed by atoms with Crippen LogP contribution in [0.2, 0.25) is 0 Å². The summed E-state index contributed by atoms with van der Waals surface area (Å²) in [4.78, 5) is 28.6. The molecule has 3 aromatic carbocycles. The van der Waals surface area contributed by atoms with Crippen LogP contribution in [-0.2, 0) is 16.9 Å². The van der Waals surface area contributed by atoms with E-state index in [4.69, 9.17) is 9.47 Å². The monoisotopic (exact) mass is 523 g/mol. The number of hydrogen-bond acceptors (Lipinski definition) is 5. The number of ketones is 1. The maximum atomic E-state index is 13.7. The van der Waals surface area contributed by atoms with Gasteiger partial charge in [-0.15, -0.1) is 0 Å². The molecule has 0 unspecified atom stereocenters. The number of carbonyl (C=O) groups is 2. The number of hydrogen-bond donors (Lipinski definition) is 1. The van der Waals surface area contributed by atoms with E-state index in [9.17, 15) is 14.7 Å². The molecule has 3 aromatic rings. The van der Waals surface area contributed by atoms with Crippen molar-refractivity contribution in [3.63, 3.8) is 0 Å². The lowest BCUT2D eigenvalue weighted by Crippen LogP contribution is -2.41. The molecule has 7 heteroatoms. The van der Waals surface area contributed by atoms with Gasteiger partial charge in [0.2, 0.25) is 0 Å².